The molecular weight excluding hydrogens is 206 g/mol. The highest BCUT2D eigenvalue weighted by molar-refractivity contribution is 7.10. The second kappa shape index (κ2) is 4.64. The van der Waals surface area contributed by atoms with Crippen LogP contribution in [0.5, 0.6) is 0 Å². The Kier molecular flexibility index (Phi) is 3.44. The van der Waals surface area contributed by atoms with Gasteiger partial charge in [-0.25, -0.2) is 0 Å². The second-order valence-corrected chi connectivity index (χ2v) is 5.49. The first kappa shape index (κ1) is 11.1. The summed E-state index contributed by atoms with van der Waals surface area (Å²) in [7, 11) is 0. The van der Waals surface area contributed by atoms with E-state index in [9.17, 15) is 5.11 Å². The number of rotatable bonds is 6. The second-order valence-electron chi connectivity index (χ2n) is 4.52. The molecule has 2 N–H and O–H groups in total. The SMILES string of the molecule is CCC(NCC1(CO)CC1)c1cccs1. The van der Waals surface area contributed by atoms with Crippen LogP contribution in [0, 0.1) is 5.41 Å². The molecule has 0 aromatic carbocycles. The van der Waals surface area contributed by atoms with E-state index < -0.39 is 0 Å². The molecule has 2 nitrogen and oxygen atoms in total. The number of nitrogens with one attached hydrogen (secondary N) is 1. The Morgan fingerprint density at radius 3 is 2.87 bits per heavy atom. The molecule has 1 saturated carbocycles. The lowest BCUT2D eigenvalue weighted by atomic mass is 10.1. The Balaban J connectivity index is 1.87. The van der Waals surface area contributed by atoms with Gasteiger partial charge in [-0.2, -0.15) is 0 Å². The summed E-state index contributed by atoms with van der Waals surface area (Å²) in [5.41, 5.74) is 0.213. The van der Waals surface area contributed by atoms with Crippen molar-refractivity contribution in [2.75, 3.05) is 13.2 Å². The van der Waals surface area contributed by atoms with Gasteiger partial charge in [0.25, 0.3) is 0 Å². The zero-order chi connectivity index (χ0) is 10.7. The molecule has 0 amide bonds. The predicted molar refractivity (Wildman–Crippen MR) is 64.1 cm³/mol. The first-order valence-electron chi connectivity index (χ1n) is 5.67. The lowest BCUT2D eigenvalue weighted by Gasteiger charge is -2.19. The van der Waals surface area contributed by atoms with Crippen molar-refractivity contribution in [1.29, 1.82) is 0 Å². The van der Waals surface area contributed by atoms with Gasteiger partial charge in [-0.1, -0.05) is 13.0 Å². The standard InChI is InChI=1S/C12H19NOS/c1-2-10(11-4-3-7-15-11)13-8-12(9-14)5-6-12/h3-4,7,10,13-14H,2,5-6,8-9H2,1H3. The minimum absolute atomic E-state index is 0.213. The molecule has 1 unspecified atom stereocenters. The summed E-state index contributed by atoms with van der Waals surface area (Å²) in [6.45, 7) is 3.50. The van der Waals surface area contributed by atoms with Crippen molar-refractivity contribution in [3.05, 3.63) is 22.4 Å². The van der Waals surface area contributed by atoms with E-state index in [-0.39, 0.29) is 5.41 Å². The molecule has 15 heavy (non-hydrogen) atoms. The molecule has 1 aliphatic carbocycles. The van der Waals surface area contributed by atoms with Crippen molar-refractivity contribution >= 4 is 11.3 Å². The van der Waals surface area contributed by atoms with Crippen molar-refractivity contribution in [3.8, 4) is 0 Å². The maximum atomic E-state index is 9.24. The van der Waals surface area contributed by atoms with Gasteiger partial charge in [0.15, 0.2) is 0 Å². The third-order valence-corrected chi connectivity index (χ3v) is 4.30. The predicted octanol–water partition coefficient (Wildman–Crippen LogP) is 2.56. The van der Waals surface area contributed by atoms with Crippen LogP contribution in [0.2, 0.25) is 0 Å². The van der Waals surface area contributed by atoms with Gasteiger partial charge in [0.1, 0.15) is 0 Å². The molecule has 0 spiro atoms. The highest BCUT2D eigenvalue weighted by Gasteiger charge is 2.41. The Morgan fingerprint density at radius 2 is 2.40 bits per heavy atom. The molecular formula is C12H19NOS. The Hall–Kier alpha value is -0.380. The summed E-state index contributed by atoms with van der Waals surface area (Å²) >= 11 is 1.81. The molecule has 0 saturated heterocycles. The van der Waals surface area contributed by atoms with Gasteiger partial charge in [-0.3, -0.25) is 0 Å². The molecule has 0 radical (unpaired) electrons. The molecule has 0 bridgehead atoms. The third kappa shape index (κ3) is 2.60. The normalized spacial score (nSPS) is 20.1. The number of hydrogen-bond donors (Lipinski definition) is 2. The lowest BCUT2D eigenvalue weighted by molar-refractivity contribution is 0.203. The van der Waals surface area contributed by atoms with Gasteiger partial charge < -0.3 is 10.4 Å². The number of thiophene rings is 1. The molecule has 1 fully saturated rings. The fourth-order valence-corrected chi connectivity index (χ4v) is 2.73. The first-order valence-corrected chi connectivity index (χ1v) is 6.55. The Labute approximate surface area is 95.3 Å². The molecule has 1 atom stereocenters. The molecule has 84 valence electrons. The van der Waals surface area contributed by atoms with Gasteiger partial charge in [0.2, 0.25) is 0 Å². The van der Waals surface area contributed by atoms with Crippen molar-refractivity contribution in [2.24, 2.45) is 5.41 Å². The largest absolute Gasteiger partial charge is 0.396 e. The Bertz CT molecular complexity index is 293. The number of aliphatic hydroxyl groups is 1. The maximum Gasteiger partial charge on any atom is 0.0499 e. The fourth-order valence-electron chi connectivity index (χ4n) is 1.84. The number of aliphatic hydroxyl groups excluding tert-OH is 1. The van der Waals surface area contributed by atoms with Crippen LogP contribution in [-0.4, -0.2) is 18.3 Å². The molecule has 1 aromatic rings. The minimum Gasteiger partial charge on any atom is -0.396 e. The first-order chi connectivity index (χ1) is 7.29. The zero-order valence-corrected chi connectivity index (χ0v) is 10.0. The highest BCUT2D eigenvalue weighted by atomic mass is 32.1. The maximum absolute atomic E-state index is 9.24. The van der Waals surface area contributed by atoms with E-state index in [1.54, 1.807) is 0 Å². The smallest absolute Gasteiger partial charge is 0.0499 e. The van der Waals surface area contributed by atoms with Crippen LogP contribution in [0.1, 0.15) is 37.1 Å². The summed E-state index contributed by atoms with van der Waals surface area (Å²) in [6, 6.07) is 4.75. The third-order valence-electron chi connectivity index (χ3n) is 3.31. The van der Waals surface area contributed by atoms with E-state index in [4.69, 9.17) is 0 Å². The van der Waals surface area contributed by atoms with Gasteiger partial charge in [-0.15, -0.1) is 11.3 Å². The quantitative estimate of drug-likeness (QED) is 0.780. The minimum atomic E-state index is 0.213. The number of hydrogen-bond acceptors (Lipinski definition) is 3. The van der Waals surface area contributed by atoms with Crippen LogP contribution in [0.25, 0.3) is 0 Å². The van der Waals surface area contributed by atoms with E-state index in [0.29, 0.717) is 12.6 Å². The van der Waals surface area contributed by atoms with E-state index in [2.05, 4.69) is 29.8 Å². The average molecular weight is 225 g/mol. The topological polar surface area (TPSA) is 32.3 Å². The summed E-state index contributed by atoms with van der Waals surface area (Å²) < 4.78 is 0. The molecule has 2 rings (SSSR count). The summed E-state index contributed by atoms with van der Waals surface area (Å²) in [4.78, 5) is 1.41. The van der Waals surface area contributed by atoms with Gasteiger partial charge in [0.05, 0.1) is 0 Å². The van der Waals surface area contributed by atoms with Crippen LogP contribution >= 0.6 is 11.3 Å². The van der Waals surface area contributed by atoms with Crippen LogP contribution < -0.4 is 5.32 Å². The van der Waals surface area contributed by atoms with Crippen molar-refractivity contribution in [3.63, 3.8) is 0 Å². The van der Waals surface area contributed by atoms with Crippen LogP contribution in [0.4, 0.5) is 0 Å². The van der Waals surface area contributed by atoms with Gasteiger partial charge >= 0.3 is 0 Å². The van der Waals surface area contributed by atoms with E-state index in [1.807, 2.05) is 11.3 Å². The average Bonchev–Trinajstić information content (AvgIpc) is 2.85. The fraction of sp³-hybridized carbons (Fsp3) is 0.667. The van der Waals surface area contributed by atoms with Crippen LogP contribution in [-0.2, 0) is 0 Å². The monoisotopic (exact) mass is 225 g/mol. The summed E-state index contributed by atoms with van der Waals surface area (Å²) in [6.07, 6.45) is 3.47. The highest BCUT2D eigenvalue weighted by Crippen LogP contribution is 2.44. The molecule has 1 aliphatic rings. The van der Waals surface area contributed by atoms with Crippen LogP contribution in [0.3, 0.4) is 0 Å². The van der Waals surface area contributed by atoms with E-state index >= 15 is 0 Å². The molecule has 0 aliphatic heterocycles. The Morgan fingerprint density at radius 1 is 1.60 bits per heavy atom. The van der Waals surface area contributed by atoms with Crippen molar-refractivity contribution in [1.82, 2.24) is 5.32 Å². The molecule has 3 heteroatoms. The molecule has 1 aromatic heterocycles. The summed E-state index contributed by atoms with van der Waals surface area (Å²) in [5, 5.41) is 14.9. The van der Waals surface area contributed by atoms with Crippen molar-refractivity contribution < 1.29 is 5.11 Å². The zero-order valence-electron chi connectivity index (χ0n) is 9.20. The molecule has 1 heterocycles. The van der Waals surface area contributed by atoms with E-state index in [0.717, 1.165) is 13.0 Å². The lowest BCUT2D eigenvalue weighted by Crippen LogP contribution is -2.29. The van der Waals surface area contributed by atoms with Gasteiger partial charge in [0, 0.05) is 29.5 Å². The van der Waals surface area contributed by atoms with Crippen LogP contribution in [0.15, 0.2) is 17.5 Å². The summed E-state index contributed by atoms with van der Waals surface area (Å²) in [5.74, 6) is 0. The van der Waals surface area contributed by atoms with E-state index in [1.165, 1.54) is 17.7 Å². The van der Waals surface area contributed by atoms with Gasteiger partial charge in [-0.05, 0) is 30.7 Å². The van der Waals surface area contributed by atoms with Crippen molar-refractivity contribution in [2.45, 2.75) is 32.2 Å².